The van der Waals surface area contributed by atoms with Gasteiger partial charge >= 0.3 is 0 Å². The van der Waals surface area contributed by atoms with E-state index in [0.717, 1.165) is 39.3 Å². The van der Waals surface area contributed by atoms with Crippen LogP contribution in [0.1, 0.15) is 19.8 Å². The number of H-pyrrole nitrogens is 2. The van der Waals surface area contributed by atoms with Gasteiger partial charge < -0.3 is 29.7 Å². The fourth-order valence-corrected chi connectivity index (χ4v) is 3.60. The van der Waals surface area contributed by atoms with Crippen LogP contribution >= 0.6 is 0 Å². The van der Waals surface area contributed by atoms with Crippen molar-refractivity contribution in [3.63, 3.8) is 0 Å². The Balaban J connectivity index is 1.64. The number of hydrogen-bond donors (Lipinski definition) is 5. The predicted molar refractivity (Wildman–Crippen MR) is 125 cm³/mol. The van der Waals surface area contributed by atoms with Crippen LogP contribution in [0, 0.1) is 0 Å². The summed E-state index contributed by atoms with van der Waals surface area (Å²) in [4.78, 5) is 0. The van der Waals surface area contributed by atoms with E-state index in [1.165, 1.54) is 0 Å². The van der Waals surface area contributed by atoms with Crippen molar-refractivity contribution in [1.29, 1.82) is 0 Å². The monoisotopic (exact) mass is 439 g/mol. The van der Waals surface area contributed by atoms with Crippen LogP contribution in [0.5, 0.6) is 17.2 Å². The number of fused-ring (bicyclic) bond motifs is 3. The van der Waals surface area contributed by atoms with Crippen molar-refractivity contribution in [2.75, 3.05) is 38.4 Å². The highest BCUT2D eigenvalue weighted by Gasteiger charge is 2.20. The summed E-state index contributed by atoms with van der Waals surface area (Å²) in [7, 11) is 0. The Labute approximate surface area is 186 Å². The first-order valence-corrected chi connectivity index (χ1v) is 10.9. The van der Waals surface area contributed by atoms with E-state index < -0.39 is 0 Å². The number of aromatic amines is 2. The molecule has 5 N–H and O–H groups in total. The number of anilines is 2. The summed E-state index contributed by atoms with van der Waals surface area (Å²) in [6.45, 7) is 3.49. The average Bonchev–Trinajstić information content (AvgIpc) is 3.34. The standard InChI is InChI=1S/C24H29N3O5/c1-2-30-18-7-3-6-17(14-18)25-24-20-12-16-13-21(31-10-4-8-28)22(32-11-5-9-29)15-19(16)23(20)26-27-24/h3,6-7,12-15,25-29H,2,4-5,8-11H2,1H3. The molecule has 32 heavy (non-hydrogen) atoms. The van der Waals surface area contributed by atoms with Crippen molar-refractivity contribution >= 4 is 22.3 Å². The van der Waals surface area contributed by atoms with Gasteiger partial charge in [0.25, 0.3) is 0 Å². The van der Waals surface area contributed by atoms with Crippen LogP contribution in [0.25, 0.3) is 22.0 Å². The van der Waals surface area contributed by atoms with Crippen LogP contribution < -0.4 is 19.5 Å². The lowest BCUT2D eigenvalue weighted by Crippen LogP contribution is -2.04. The van der Waals surface area contributed by atoms with Crippen molar-refractivity contribution in [2.24, 2.45) is 0 Å². The minimum Gasteiger partial charge on any atom is -0.494 e. The zero-order valence-electron chi connectivity index (χ0n) is 18.1. The van der Waals surface area contributed by atoms with Gasteiger partial charge in [0.1, 0.15) is 11.6 Å². The summed E-state index contributed by atoms with van der Waals surface area (Å²) in [5.74, 6) is 2.89. The molecule has 8 nitrogen and oxygen atoms in total. The molecule has 1 aliphatic heterocycles. The highest BCUT2D eigenvalue weighted by Crippen LogP contribution is 2.43. The number of hydrogen-bond acceptors (Lipinski definition) is 6. The summed E-state index contributed by atoms with van der Waals surface area (Å²) >= 11 is 0. The van der Waals surface area contributed by atoms with Gasteiger partial charge in [0.05, 0.1) is 25.5 Å². The summed E-state index contributed by atoms with van der Waals surface area (Å²) < 4.78 is 17.3. The van der Waals surface area contributed by atoms with E-state index in [1.807, 2.05) is 43.3 Å². The first-order valence-electron chi connectivity index (χ1n) is 10.9. The quantitative estimate of drug-likeness (QED) is 0.211. The highest BCUT2D eigenvalue weighted by molar-refractivity contribution is 6.05. The maximum atomic E-state index is 9.07. The van der Waals surface area contributed by atoms with E-state index in [1.54, 1.807) is 0 Å². The molecule has 0 amide bonds. The lowest BCUT2D eigenvalue weighted by atomic mass is 10.2. The number of benzene rings is 2. The third-order valence-electron chi connectivity index (χ3n) is 5.07. The Morgan fingerprint density at radius 1 is 0.875 bits per heavy atom. The van der Waals surface area contributed by atoms with Crippen LogP contribution in [0.4, 0.5) is 11.5 Å². The van der Waals surface area contributed by atoms with Gasteiger partial charge in [0.15, 0.2) is 11.5 Å². The summed E-state index contributed by atoms with van der Waals surface area (Å²) in [6, 6.07) is 13.8. The molecule has 1 heterocycles. The first-order chi connectivity index (χ1) is 15.7. The Bertz CT molecular complexity index is 1120. The Hall–Kier alpha value is -3.36. The molecule has 0 unspecified atom stereocenters. The summed E-state index contributed by atoms with van der Waals surface area (Å²) in [5.41, 5.74) is 2.88. The number of aliphatic hydroxyl groups is 2. The molecule has 0 saturated carbocycles. The van der Waals surface area contributed by atoms with Crippen LogP contribution in [-0.2, 0) is 0 Å². The number of rotatable bonds is 12. The first kappa shape index (κ1) is 21.9. The lowest BCUT2D eigenvalue weighted by molar-refractivity contribution is 0.211. The van der Waals surface area contributed by atoms with Gasteiger partial charge in [-0.25, -0.2) is 0 Å². The van der Waals surface area contributed by atoms with Crippen molar-refractivity contribution in [3.05, 3.63) is 42.5 Å². The van der Waals surface area contributed by atoms with Crippen molar-refractivity contribution in [1.82, 2.24) is 10.2 Å². The molecule has 0 bridgehead atoms. The largest absolute Gasteiger partial charge is 0.494 e. The molecule has 2 aromatic rings. The normalized spacial score (nSPS) is 11.2. The van der Waals surface area contributed by atoms with Crippen LogP contribution in [0.3, 0.4) is 0 Å². The van der Waals surface area contributed by atoms with Crippen LogP contribution in [0.15, 0.2) is 42.5 Å². The summed E-state index contributed by atoms with van der Waals surface area (Å²) in [6.07, 6.45) is 1.08. The average molecular weight is 440 g/mol. The van der Waals surface area contributed by atoms with Gasteiger partial charge in [-0.1, -0.05) is 6.07 Å². The molecule has 0 radical (unpaired) electrons. The number of nitrogens with one attached hydrogen (secondary N) is 3. The highest BCUT2D eigenvalue weighted by atomic mass is 16.5. The Kier molecular flexibility index (Phi) is 7.03. The molecule has 2 aromatic carbocycles. The molecule has 0 fully saturated rings. The van der Waals surface area contributed by atoms with Crippen molar-refractivity contribution in [2.45, 2.75) is 19.8 Å². The second-order valence-electron chi connectivity index (χ2n) is 7.38. The fraction of sp³-hybridized carbons (Fsp3) is 0.333. The SMILES string of the molecule is CCOc1cccc(Nc2[nH][nH]c3c4cc(OCCCO)c(OCCCO)cc4cc2-3)c1. The van der Waals surface area contributed by atoms with Crippen molar-refractivity contribution in [3.8, 4) is 28.5 Å². The maximum Gasteiger partial charge on any atom is 0.161 e. The predicted octanol–water partition coefficient (Wildman–Crippen LogP) is 4.27. The third kappa shape index (κ3) is 4.76. The number of ether oxygens (including phenoxy) is 3. The molecular weight excluding hydrogens is 410 g/mol. The smallest absolute Gasteiger partial charge is 0.161 e. The van der Waals surface area contributed by atoms with E-state index in [2.05, 4.69) is 21.6 Å². The zero-order valence-corrected chi connectivity index (χ0v) is 18.1. The van der Waals surface area contributed by atoms with Gasteiger partial charge in [0.2, 0.25) is 0 Å². The van der Waals surface area contributed by atoms with Gasteiger partial charge in [0, 0.05) is 48.8 Å². The van der Waals surface area contributed by atoms with Crippen LogP contribution in [-0.4, -0.2) is 53.4 Å². The molecule has 0 atom stereocenters. The van der Waals surface area contributed by atoms with Gasteiger partial charge in [-0.3, -0.25) is 10.2 Å². The minimum atomic E-state index is 0.0642. The third-order valence-corrected chi connectivity index (χ3v) is 5.07. The molecule has 2 aliphatic rings. The molecule has 170 valence electrons. The molecule has 4 rings (SSSR count). The number of aliphatic hydroxyl groups excluding tert-OH is 2. The van der Waals surface area contributed by atoms with Gasteiger partial charge in [-0.15, -0.1) is 0 Å². The van der Waals surface area contributed by atoms with Gasteiger partial charge in [-0.2, -0.15) is 0 Å². The van der Waals surface area contributed by atoms with Gasteiger partial charge in [-0.05, 0) is 42.6 Å². The lowest BCUT2D eigenvalue weighted by Gasteiger charge is -2.13. The molecular formula is C24H29N3O5. The van der Waals surface area contributed by atoms with Crippen LogP contribution in [0.2, 0.25) is 0 Å². The summed E-state index contributed by atoms with van der Waals surface area (Å²) in [5, 5.41) is 30.0. The Morgan fingerprint density at radius 2 is 1.62 bits per heavy atom. The fourth-order valence-electron chi connectivity index (χ4n) is 3.60. The van der Waals surface area contributed by atoms with E-state index in [9.17, 15) is 0 Å². The maximum absolute atomic E-state index is 9.07. The molecule has 0 aromatic heterocycles. The molecule has 1 aliphatic carbocycles. The number of aromatic nitrogens is 2. The molecule has 0 spiro atoms. The van der Waals surface area contributed by atoms with E-state index >= 15 is 0 Å². The zero-order chi connectivity index (χ0) is 22.3. The van der Waals surface area contributed by atoms with E-state index in [0.29, 0.717) is 44.2 Å². The second-order valence-corrected chi connectivity index (χ2v) is 7.38. The molecule has 8 heteroatoms. The Morgan fingerprint density at radius 3 is 2.34 bits per heavy atom. The van der Waals surface area contributed by atoms with E-state index in [-0.39, 0.29) is 13.2 Å². The second kappa shape index (κ2) is 10.3. The van der Waals surface area contributed by atoms with E-state index in [4.69, 9.17) is 24.4 Å². The van der Waals surface area contributed by atoms with Crippen molar-refractivity contribution < 1.29 is 24.4 Å². The topological polar surface area (TPSA) is 112 Å². The molecule has 0 saturated heterocycles. The minimum absolute atomic E-state index is 0.0642.